The van der Waals surface area contributed by atoms with Crippen LogP contribution in [0, 0.1) is 11.8 Å². The molecule has 3 rings (SSSR count). The van der Waals surface area contributed by atoms with E-state index in [1.54, 1.807) is 31.3 Å². The molecular formula is C18H13F3N4O. The van der Waals surface area contributed by atoms with E-state index in [2.05, 4.69) is 22.1 Å². The van der Waals surface area contributed by atoms with Gasteiger partial charge in [0.1, 0.15) is 5.65 Å². The Labute approximate surface area is 146 Å². The first kappa shape index (κ1) is 17.4. The van der Waals surface area contributed by atoms with Gasteiger partial charge in [0, 0.05) is 23.0 Å². The van der Waals surface area contributed by atoms with E-state index >= 15 is 0 Å². The van der Waals surface area contributed by atoms with Crippen molar-refractivity contribution in [3.63, 3.8) is 0 Å². The molecule has 0 unspecified atom stereocenters. The van der Waals surface area contributed by atoms with Crippen LogP contribution in [-0.4, -0.2) is 21.7 Å². The molecule has 132 valence electrons. The Bertz CT molecular complexity index is 1030. The molecule has 3 aromatic rings. The Hall–Kier alpha value is -3.47. The molecule has 1 aromatic carbocycles. The number of halogens is 3. The van der Waals surface area contributed by atoms with Gasteiger partial charge in [0.15, 0.2) is 0 Å². The van der Waals surface area contributed by atoms with Gasteiger partial charge in [-0.3, -0.25) is 4.40 Å². The fourth-order valence-electron chi connectivity index (χ4n) is 2.46. The van der Waals surface area contributed by atoms with Crippen LogP contribution in [0.5, 0.6) is 0 Å². The van der Waals surface area contributed by atoms with Gasteiger partial charge in [-0.15, -0.1) is 5.92 Å². The maximum atomic E-state index is 12.2. The van der Waals surface area contributed by atoms with Crippen molar-refractivity contribution >= 4 is 17.4 Å². The lowest BCUT2D eigenvalue weighted by Gasteiger charge is -2.11. The molecular weight excluding hydrogens is 345 g/mol. The van der Waals surface area contributed by atoms with Crippen LogP contribution in [0.25, 0.3) is 16.9 Å². The van der Waals surface area contributed by atoms with Crippen molar-refractivity contribution in [2.45, 2.75) is 13.2 Å². The van der Waals surface area contributed by atoms with Crippen LogP contribution in [0.1, 0.15) is 12.5 Å². The molecule has 0 aliphatic rings. The summed E-state index contributed by atoms with van der Waals surface area (Å²) in [5.74, 6) is 5.76. The Morgan fingerprint density at radius 3 is 2.77 bits per heavy atom. The number of aromatic nitrogens is 2. The van der Waals surface area contributed by atoms with E-state index < -0.39 is 12.3 Å². The zero-order valence-corrected chi connectivity index (χ0v) is 13.6. The normalized spacial score (nSPS) is 10.9. The summed E-state index contributed by atoms with van der Waals surface area (Å²) < 4.78 is 38.4. The number of fused-ring (bicyclic) bond motifs is 1. The first-order valence-electron chi connectivity index (χ1n) is 7.52. The lowest BCUT2D eigenvalue weighted by atomic mass is 10.1. The number of urea groups is 1. The molecule has 0 bridgehead atoms. The van der Waals surface area contributed by atoms with Gasteiger partial charge in [-0.05, 0) is 31.2 Å². The number of hydrogen-bond acceptors (Lipinski definition) is 2. The van der Waals surface area contributed by atoms with Gasteiger partial charge < -0.3 is 5.32 Å². The molecule has 2 amide bonds. The van der Waals surface area contributed by atoms with Gasteiger partial charge >= 0.3 is 12.3 Å². The molecule has 0 saturated carbocycles. The number of anilines is 1. The van der Waals surface area contributed by atoms with Gasteiger partial charge in [-0.2, -0.15) is 13.2 Å². The lowest BCUT2D eigenvalue weighted by molar-refractivity contribution is -0.144. The summed E-state index contributed by atoms with van der Waals surface area (Å²) in [6.45, 7) is 1.74. The Kier molecular flexibility index (Phi) is 4.54. The zero-order valence-electron chi connectivity index (χ0n) is 13.6. The predicted molar refractivity (Wildman–Crippen MR) is 91.4 cm³/mol. The molecule has 0 aliphatic carbocycles. The van der Waals surface area contributed by atoms with E-state index in [9.17, 15) is 18.0 Å². The van der Waals surface area contributed by atoms with E-state index in [1.165, 1.54) is 6.07 Å². The number of hydrogen-bond donors (Lipinski definition) is 2. The summed E-state index contributed by atoms with van der Waals surface area (Å²) in [6.07, 6.45) is -1.33. The Morgan fingerprint density at radius 1 is 1.23 bits per heavy atom. The summed E-state index contributed by atoms with van der Waals surface area (Å²) in [5.41, 5.74) is 3.17. The van der Waals surface area contributed by atoms with Crippen molar-refractivity contribution in [2.24, 2.45) is 0 Å². The minimum atomic E-state index is -4.79. The van der Waals surface area contributed by atoms with E-state index in [1.807, 2.05) is 22.7 Å². The van der Waals surface area contributed by atoms with Crippen molar-refractivity contribution < 1.29 is 18.0 Å². The molecule has 2 heterocycles. The Balaban J connectivity index is 1.89. The van der Waals surface area contributed by atoms with Crippen LogP contribution in [0.15, 0.2) is 48.8 Å². The number of pyridine rings is 1. The van der Waals surface area contributed by atoms with Crippen LogP contribution in [0.2, 0.25) is 0 Å². The monoisotopic (exact) mass is 358 g/mol. The van der Waals surface area contributed by atoms with Crippen molar-refractivity contribution in [3.05, 3.63) is 54.4 Å². The van der Waals surface area contributed by atoms with E-state index in [0.717, 1.165) is 16.6 Å². The molecule has 2 N–H and O–H groups in total. The van der Waals surface area contributed by atoms with Crippen LogP contribution in [0.3, 0.4) is 0 Å². The smallest absolute Gasteiger partial charge is 0.308 e. The van der Waals surface area contributed by atoms with Gasteiger partial charge in [-0.1, -0.05) is 18.1 Å². The van der Waals surface area contributed by atoms with Gasteiger partial charge in [0.05, 0.1) is 11.9 Å². The van der Waals surface area contributed by atoms with Crippen LogP contribution < -0.4 is 10.6 Å². The van der Waals surface area contributed by atoms with E-state index in [-0.39, 0.29) is 5.69 Å². The molecule has 0 spiro atoms. The maximum Gasteiger partial charge on any atom is 0.485 e. The highest BCUT2D eigenvalue weighted by atomic mass is 19.4. The minimum absolute atomic E-state index is 0.229. The second kappa shape index (κ2) is 6.80. The quantitative estimate of drug-likeness (QED) is 0.537. The summed E-state index contributed by atoms with van der Waals surface area (Å²) in [5, 5.41) is 3.05. The zero-order chi connectivity index (χ0) is 18.7. The molecule has 8 heteroatoms. The largest absolute Gasteiger partial charge is 0.485 e. The highest BCUT2D eigenvalue weighted by molar-refractivity contribution is 5.90. The van der Waals surface area contributed by atoms with E-state index in [4.69, 9.17) is 0 Å². The van der Waals surface area contributed by atoms with E-state index in [0.29, 0.717) is 11.2 Å². The number of nitrogens with one attached hydrogen (secondary N) is 2. The summed E-state index contributed by atoms with van der Waals surface area (Å²) in [6, 6.07) is 8.80. The number of amides is 2. The second-order valence-electron chi connectivity index (χ2n) is 5.32. The third kappa shape index (κ3) is 3.95. The number of alkyl halides is 3. The first-order valence-corrected chi connectivity index (χ1v) is 7.52. The van der Waals surface area contributed by atoms with Crippen LogP contribution in [-0.2, 0) is 0 Å². The third-order valence-corrected chi connectivity index (χ3v) is 3.45. The summed E-state index contributed by atoms with van der Waals surface area (Å²) >= 11 is 0. The van der Waals surface area contributed by atoms with Gasteiger partial charge in [-0.25, -0.2) is 15.1 Å². The minimum Gasteiger partial charge on any atom is -0.308 e. The maximum absolute atomic E-state index is 12.2. The molecule has 0 saturated heterocycles. The first-order chi connectivity index (χ1) is 12.4. The van der Waals surface area contributed by atoms with Crippen molar-refractivity contribution in [1.82, 2.24) is 14.7 Å². The Morgan fingerprint density at radius 2 is 2.04 bits per heavy atom. The fraction of sp³-hybridized carbons (Fsp3) is 0.111. The van der Waals surface area contributed by atoms with Crippen molar-refractivity contribution in [1.29, 1.82) is 0 Å². The topological polar surface area (TPSA) is 58.4 Å². The third-order valence-electron chi connectivity index (χ3n) is 3.45. The van der Waals surface area contributed by atoms with Crippen molar-refractivity contribution in [2.75, 3.05) is 5.32 Å². The molecule has 0 atom stereocenters. The highest BCUT2D eigenvalue weighted by Gasteiger charge is 2.30. The molecule has 5 nitrogen and oxygen atoms in total. The average Bonchev–Trinajstić information content (AvgIpc) is 2.96. The molecule has 0 fully saturated rings. The van der Waals surface area contributed by atoms with Gasteiger partial charge in [0.2, 0.25) is 0 Å². The summed E-state index contributed by atoms with van der Waals surface area (Å²) in [4.78, 5) is 15.7. The highest BCUT2D eigenvalue weighted by Crippen LogP contribution is 2.24. The fourth-order valence-corrected chi connectivity index (χ4v) is 2.46. The SMILES string of the molecule is CC#Cc1ccn2c(-c3cccc(NC(=O)NC(F)(F)F)c3)cnc2c1. The number of carbonyl (C=O) groups is 1. The van der Waals surface area contributed by atoms with Crippen LogP contribution in [0.4, 0.5) is 23.7 Å². The molecule has 0 aliphatic heterocycles. The van der Waals surface area contributed by atoms with Crippen LogP contribution >= 0.6 is 0 Å². The number of nitrogens with zero attached hydrogens (tertiary/aromatic N) is 2. The molecule has 2 aromatic heterocycles. The number of carbonyl (C=O) groups excluding carboxylic acids is 1. The second-order valence-corrected chi connectivity index (χ2v) is 5.32. The number of imidazole rings is 1. The average molecular weight is 358 g/mol. The predicted octanol–water partition coefficient (Wildman–Crippen LogP) is 4.01. The standard InChI is InChI=1S/C18H13F3N4O/c1-2-4-12-7-8-25-15(11-22-16(25)9-12)13-5-3-6-14(10-13)23-17(26)24-18(19,20)21/h3,5-11H,1H3,(H2,23,24,26). The number of rotatable bonds is 2. The molecule has 0 radical (unpaired) electrons. The van der Waals surface area contributed by atoms with Crippen molar-refractivity contribution in [3.8, 4) is 23.1 Å². The van der Waals surface area contributed by atoms with Gasteiger partial charge in [0.25, 0.3) is 0 Å². The summed E-state index contributed by atoms with van der Waals surface area (Å²) in [7, 11) is 0. The molecule has 26 heavy (non-hydrogen) atoms. The number of benzene rings is 1. The lowest BCUT2D eigenvalue weighted by Crippen LogP contribution is -2.40.